The highest BCUT2D eigenvalue weighted by molar-refractivity contribution is 14.1. The van der Waals surface area contributed by atoms with Crippen LogP contribution in [0.3, 0.4) is 0 Å². The molecule has 0 spiro atoms. The second-order valence-corrected chi connectivity index (χ2v) is 12.7. The summed E-state index contributed by atoms with van der Waals surface area (Å²) < 4.78 is 44.6. The van der Waals surface area contributed by atoms with E-state index < -0.39 is 41.3 Å². The van der Waals surface area contributed by atoms with Crippen LogP contribution in [0.15, 0.2) is 69.4 Å². The average molecular weight is 718 g/mol. The molecule has 0 saturated carbocycles. The lowest BCUT2D eigenvalue weighted by molar-refractivity contribution is -0.275. The number of primary amides is 1. The summed E-state index contributed by atoms with van der Waals surface area (Å²) in [6.45, 7) is 3.45. The number of nitrogens with one attached hydrogen (secondary N) is 1. The Kier molecular flexibility index (Phi) is 9.20. The molecule has 3 N–H and O–H groups in total. The van der Waals surface area contributed by atoms with Gasteiger partial charge in [0.2, 0.25) is 11.8 Å². The fourth-order valence-electron chi connectivity index (χ4n) is 5.33. The maximum atomic E-state index is 14.7. The minimum Gasteiger partial charge on any atom is -0.374 e. The van der Waals surface area contributed by atoms with Crippen molar-refractivity contribution in [2.24, 2.45) is 16.8 Å². The van der Waals surface area contributed by atoms with Crippen LogP contribution in [0.4, 0.5) is 13.2 Å². The standard InChI is InChI=1S/C29H28ClF3IN3O3S/c1-16-13-19(28(29(31,32)33)14-23(37-40-28)18-6-9-20(30)10-7-18)8-11-21(16)27(26(35)39)12-4-5-22(34)24(27)25(38)36-17(2)15-41-3/h4-13,17,24H,14-15H2,1-3H3,(H2,35,39)(H,36,38). The van der Waals surface area contributed by atoms with E-state index in [1.807, 2.05) is 35.8 Å². The summed E-state index contributed by atoms with van der Waals surface area (Å²) in [5, 5.41) is 7.20. The molecule has 2 amide bonds. The first-order valence-electron chi connectivity index (χ1n) is 12.6. The van der Waals surface area contributed by atoms with Crippen LogP contribution in [0.2, 0.25) is 5.02 Å². The van der Waals surface area contributed by atoms with E-state index in [0.29, 0.717) is 31.0 Å². The molecule has 0 saturated heterocycles. The predicted molar refractivity (Wildman–Crippen MR) is 164 cm³/mol. The highest BCUT2D eigenvalue weighted by Crippen LogP contribution is 2.51. The highest BCUT2D eigenvalue weighted by atomic mass is 127. The van der Waals surface area contributed by atoms with Gasteiger partial charge in [-0.05, 0) is 71.5 Å². The molecule has 0 aromatic heterocycles. The fraction of sp³-hybridized carbons (Fsp3) is 0.345. The summed E-state index contributed by atoms with van der Waals surface area (Å²) in [4.78, 5) is 32.0. The Labute approximate surface area is 259 Å². The molecule has 4 atom stereocenters. The van der Waals surface area contributed by atoms with Crippen LogP contribution < -0.4 is 11.1 Å². The number of hydrogen-bond donors (Lipinski definition) is 2. The minimum atomic E-state index is -4.82. The Bertz CT molecular complexity index is 1450. The van der Waals surface area contributed by atoms with Crippen LogP contribution in [0.1, 0.15) is 35.6 Å². The van der Waals surface area contributed by atoms with Gasteiger partial charge in [-0.15, -0.1) is 0 Å². The van der Waals surface area contributed by atoms with Crippen molar-refractivity contribution >= 4 is 63.5 Å². The van der Waals surface area contributed by atoms with Gasteiger partial charge >= 0.3 is 6.18 Å². The Morgan fingerprint density at radius 3 is 2.54 bits per heavy atom. The zero-order valence-corrected chi connectivity index (χ0v) is 26.1. The second-order valence-electron chi connectivity index (χ2n) is 10.1. The monoisotopic (exact) mass is 717 g/mol. The normalized spacial score (nSPS) is 24.7. The van der Waals surface area contributed by atoms with Gasteiger partial charge in [0, 0.05) is 32.4 Å². The van der Waals surface area contributed by atoms with Crippen molar-refractivity contribution in [1.29, 1.82) is 0 Å². The van der Waals surface area contributed by atoms with Crippen molar-refractivity contribution in [2.45, 2.75) is 43.5 Å². The van der Waals surface area contributed by atoms with E-state index in [1.165, 1.54) is 18.2 Å². The number of nitrogens with zero attached hydrogens (tertiary/aromatic N) is 1. The van der Waals surface area contributed by atoms with Crippen LogP contribution in [-0.2, 0) is 25.4 Å². The van der Waals surface area contributed by atoms with E-state index in [0.717, 1.165) is 0 Å². The maximum Gasteiger partial charge on any atom is 0.435 e. The van der Waals surface area contributed by atoms with Crippen molar-refractivity contribution in [3.05, 3.63) is 91.5 Å². The van der Waals surface area contributed by atoms with Gasteiger partial charge in [0.15, 0.2) is 0 Å². The van der Waals surface area contributed by atoms with Gasteiger partial charge in [-0.25, -0.2) is 0 Å². The SMILES string of the molecule is CSCC(C)NC(=O)C1C(I)=CC=CC1(C(N)=O)c1ccc(C2(C(F)(F)F)CC(c3ccc(Cl)cc3)=NO2)cc1C. The van der Waals surface area contributed by atoms with Crippen LogP contribution in [0.25, 0.3) is 0 Å². The molecule has 2 aromatic carbocycles. The third kappa shape index (κ3) is 5.77. The number of hydrogen-bond acceptors (Lipinski definition) is 5. The first-order chi connectivity index (χ1) is 19.3. The summed E-state index contributed by atoms with van der Waals surface area (Å²) in [6.07, 6.45) is 1.44. The van der Waals surface area contributed by atoms with Crippen LogP contribution in [0.5, 0.6) is 0 Å². The summed E-state index contributed by atoms with van der Waals surface area (Å²) in [5.41, 5.74) is 2.71. The molecule has 2 aliphatic rings. The van der Waals surface area contributed by atoms with Gasteiger partial charge < -0.3 is 15.9 Å². The van der Waals surface area contributed by atoms with Crippen molar-refractivity contribution in [3.8, 4) is 0 Å². The van der Waals surface area contributed by atoms with E-state index in [4.69, 9.17) is 22.2 Å². The topological polar surface area (TPSA) is 93.8 Å². The van der Waals surface area contributed by atoms with Crippen LogP contribution in [0, 0.1) is 12.8 Å². The molecule has 12 heteroatoms. The van der Waals surface area contributed by atoms with Crippen molar-refractivity contribution in [1.82, 2.24) is 5.32 Å². The second kappa shape index (κ2) is 12.0. The summed E-state index contributed by atoms with van der Waals surface area (Å²) in [5.74, 6) is -1.53. The van der Waals surface area contributed by atoms with Gasteiger partial charge in [-0.1, -0.05) is 65.3 Å². The first kappa shape index (κ1) is 31.4. The molecule has 1 heterocycles. The lowest BCUT2D eigenvalue weighted by Gasteiger charge is -2.39. The molecular weight excluding hydrogens is 690 g/mol. The Morgan fingerprint density at radius 1 is 1.27 bits per heavy atom. The third-order valence-electron chi connectivity index (χ3n) is 7.32. The average Bonchev–Trinajstić information content (AvgIpc) is 3.36. The molecule has 41 heavy (non-hydrogen) atoms. The Hall–Kier alpha value is -2.51. The number of nitrogens with two attached hydrogens (primary N) is 1. The number of benzene rings is 2. The maximum absolute atomic E-state index is 14.7. The number of aryl methyl sites for hydroxylation is 1. The number of thioether (sulfide) groups is 1. The number of allylic oxidation sites excluding steroid dienone is 2. The van der Waals surface area contributed by atoms with Gasteiger partial charge in [0.1, 0.15) is 5.41 Å². The smallest absolute Gasteiger partial charge is 0.374 e. The number of amides is 2. The van der Waals surface area contributed by atoms with E-state index in [9.17, 15) is 22.8 Å². The number of oxime groups is 1. The zero-order valence-electron chi connectivity index (χ0n) is 22.4. The molecule has 2 aromatic rings. The fourth-order valence-corrected chi connectivity index (χ4v) is 7.02. The summed E-state index contributed by atoms with van der Waals surface area (Å²) in [7, 11) is 0. The summed E-state index contributed by atoms with van der Waals surface area (Å²) in [6, 6.07) is 10.1. The lowest BCUT2D eigenvalue weighted by Crippen LogP contribution is -2.54. The molecule has 0 radical (unpaired) electrons. The molecule has 1 aliphatic heterocycles. The number of carbonyl (C=O) groups is 2. The molecular formula is C29H28ClF3IN3O3S. The molecule has 0 fully saturated rings. The van der Waals surface area contributed by atoms with Gasteiger partial charge in [-0.3, -0.25) is 9.59 Å². The van der Waals surface area contributed by atoms with Crippen LogP contribution in [-0.4, -0.2) is 41.8 Å². The van der Waals surface area contributed by atoms with Crippen molar-refractivity contribution < 1.29 is 27.6 Å². The first-order valence-corrected chi connectivity index (χ1v) is 15.5. The van der Waals surface area contributed by atoms with E-state index in [1.54, 1.807) is 61.2 Å². The Morgan fingerprint density at radius 2 is 1.95 bits per heavy atom. The molecule has 0 bridgehead atoms. The van der Waals surface area contributed by atoms with Gasteiger partial charge in [0.05, 0.1) is 11.6 Å². The number of halogens is 5. The Balaban J connectivity index is 1.77. The zero-order chi connectivity index (χ0) is 30.2. The van der Waals surface area contributed by atoms with E-state index in [2.05, 4.69) is 10.5 Å². The van der Waals surface area contributed by atoms with E-state index >= 15 is 0 Å². The van der Waals surface area contributed by atoms with Crippen molar-refractivity contribution in [2.75, 3.05) is 12.0 Å². The van der Waals surface area contributed by atoms with Crippen molar-refractivity contribution in [3.63, 3.8) is 0 Å². The summed E-state index contributed by atoms with van der Waals surface area (Å²) >= 11 is 9.50. The van der Waals surface area contributed by atoms with Gasteiger partial charge in [-0.2, -0.15) is 24.9 Å². The number of alkyl halides is 3. The number of rotatable bonds is 8. The number of carbonyl (C=O) groups excluding carboxylic acids is 2. The minimum absolute atomic E-state index is 0.125. The lowest BCUT2D eigenvalue weighted by atomic mass is 9.65. The largest absolute Gasteiger partial charge is 0.435 e. The van der Waals surface area contributed by atoms with Gasteiger partial charge in [0.25, 0.3) is 5.60 Å². The van der Waals surface area contributed by atoms with Crippen LogP contribution >= 0.6 is 46.0 Å². The molecule has 1 aliphatic carbocycles. The molecule has 6 nitrogen and oxygen atoms in total. The van der Waals surface area contributed by atoms with E-state index in [-0.39, 0.29) is 17.3 Å². The predicted octanol–water partition coefficient (Wildman–Crippen LogP) is 6.33. The molecule has 218 valence electrons. The third-order valence-corrected chi connectivity index (χ3v) is 9.39. The highest BCUT2D eigenvalue weighted by Gasteiger charge is 2.62. The quantitative estimate of drug-likeness (QED) is 0.313. The molecule has 4 unspecified atom stereocenters. The molecule has 4 rings (SSSR count).